The highest BCUT2D eigenvalue weighted by Crippen LogP contribution is 2.29. The Morgan fingerprint density at radius 1 is 1.37 bits per heavy atom. The highest BCUT2D eigenvalue weighted by molar-refractivity contribution is 8.00. The van der Waals surface area contributed by atoms with Gasteiger partial charge in [-0.3, -0.25) is 4.79 Å². The fourth-order valence-electron chi connectivity index (χ4n) is 2.32. The van der Waals surface area contributed by atoms with Gasteiger partial charge >= 0.3 is 12.0 Å². The van der Waals surface area contributed by atoms with Crippen LogP contribution in [-0.4, -0.2) is 52.6 Å². The van der Waals surface area contributed by atoms with Gasteiger partial charge in [-0.15, -0.1) is 0 Å². The zero-order chi connectivity index (χ0) is 14.5. The largest absolute Gasteiger partial charge is 0.481 e. The summed E-state index contributed by atoms with van der Waals surface area (Å²) in [6.45, 7) is 6.06. The molecule has 1 aliphatic heterocycles. The first-order valence-corrected chi connectivity index (χ1v) is 7.98. The zero-order valence-electron chi connectivity index (χ0n) is 11.9. The van der Waals surface area contributed by atoms with E-state index >= 15 is 0 Å². The van der Waals surface area contributed by atoms with Crippen molar-refractivity contribution in [2.24, 2.45) is 5.92 Å². The molecule has 0 atom stereocenters. The number of nitrogens with one attached hydrogen (secondary N) is 1. The van der Waals surface area contributed by atoms with Crippen LogP contribution in [0.1, 0.15) is 33.1 Å². The van der Waals surface area contributed by atoms with Crippen LogP contribution in [0, 0.1) is 5.92 Å². The average Bonchev–Trinajstić information content (AvgIpc) is 2.35. The van der Waals surface area contributed by atoms with E-state index in [4.69, 9.17) is 5.11 Å². The Morgan fingerprint density at radius 3 is 2.37 bits per heavy atom. The van der Waals surface area contributed by atoms with Gasteiger partial charge in [-0.05, 0) is 19.1 Å². The molecule has 2 N–H and O–H groups in total. The van der Waals surface area contributed by atoms with Crippen molar-refractivity contribution in [3.8, 4) is 0 Å². The van der Waals surface area contributed by atoms with Gasteiger partial charge in [0.15, 0.2) is 0 Å². The lowest BCUT2D eigenvalue weighted by Gasteiger charge is -2.39. The lowest BCUT2D eigenvalue weighted by Crippen LogP contribution is -2.55. The van der Waals surface area contributed by atoms with Gasteiger partial charge < -0.3 is 15.3 Å². The Bertz CT molecular complexity index is 318. The Balaban J connectivity index is 2.31. The number of rotatable bonds is 7. The van der Waals surface area contributed by atoms with E-state index in [0.717, 1.165) is 12.8 Å². The molecule has 0 aromatic rings. The van der Waals surface area contributed by atoms with Gasteiger partial charge in [0.2, 0.25) is 0 Å². The fourth-order valence-corrected chi connectivity index (χ4v) is 3.11. The zero-order valence-corrected chi connectivity index (χ0v) is 12.8. The van der Waals surface area contributed by atoms with Crippen molar-refractivity contribution in [3.05, 3.63) is 0 Å². The normalized spacial score (nSPS) is 16.1. The number of hydrogen-bond acceptors (Lipinski definition) is 3. The molecular formula is C13H24N2O3S. The number of nitrogens with zero attached hydrogens (tertiary/aromatic N) is 1. The summed E-state index contributed by atoms with van der Waals surface area (Å²) in [4.78, 5) is 24.1. The van der Waals surface area contributed by atoms with Crippen LogP contribution in [0.2, 0.25) is 0 Å². The molecule has 19 heavy (non-hydrogen) atoms. The standard InChI is InChI=1S/C13H24N2O3S/c1-4-13(5-2,19-3)9-14-12(18)15-7-10(8-15)6-11(16)17/h10H,4-9H2,1-3H3,(H,14,18)(H,16,17). The molecule has 1 heterocycles. The number of carboxylic acid groups (broad SMARTS) is 1. The summed E-state index contributed by atoms with van der Waals surface area (Å²) in [6.07, 6.45) is 4.27. The maximum atomic E-state index is 11.9. The Kier molecular flexibility index (Phi) is 5.97. The monoisotopic (exact) mass is 288 g/mol. The molecule has 1 fully saturated rings. The third kappa shape index (κ3) is 4.30. The number of aliphatic carboxylic acids is 1. The van der Waals surface area contributed by atoms with Crippen LogP contribution >= 0.6 is 11.8 Å². The van der Waals surface area contributed by atoms with Crippen molar-refractivity contribution < 1.29 is 14.7 Å². The molecule has 0 radical (unpaired) electrons. The molecule has 2 amide bonds. The molecule has 110 valence electrons. The minimum absolute atomic E-state index is 0.0676. The predicted octanol–water partition coefficient (Wildman–Crippen LogP) is 2.02. The molecule has 0 aromatic carbocycles. The van der Waals surface area contributed by atoms with Crippen LogP contribution in [-0.2, 0) is 4.79 Å². The highest BCUT2D eigenvalue weighted by Gasteiger charge is 2.33. The number of carboxylic acids is 1. The van der Waals surface area contributed by atoms with Gasteiger partial charge in [0.25, 0.3) is 0 Å². The van der Waals surface area contributed by atoms with Gasteiger partial charge in [-0.1, -0.05) is 13.8 Å². The first-order chi connectivity index (χ1) is 8.96. The topological polar surface area (TPSA) is 69.6 Å². The molecule has 1 aliphatic rings. The second kappa shape index (κ2) is 7.03. The third-order valence-corrected chi connectivity index (χ3v) is 5.58. The summed E-state index contributed by atoms with van der Waals surface area (Å²) in [5.41, 5.74) is 0. The summed E-state index contributed by atoms with van der Waals surface area (Å²) >= 11 is 1.79. The minimum Gasteiger partial charge on any atom is -0.481 e. The SMILES string of the molecule is CCC(CC)(CNC(=O)N1CC(CC(=O)O)C1)SC. The van der Waals surface area contributed by atoms with E-state index < -0.39 is 5.97 Å². The Hall–Kier alpha value is -0.910. The third-order valence-electron chi connectivity index (χ3n) is 3.99. The molecule has 0 aliphatic carbocycles. The molecule has 1 saturated heterocycles. The van der Waals surface area contributed by atoms with E-state index in [-0.39, 0.29) is 23.1 Å². The lowest BCUT2D eigenvalue weighted by molar-refractivity contribution is -0.139. The maximum Gasteiger partial charge on any atom is 0.317 e. The number of carbonyl (C=O) groups excluding carboxylic acids is 1. The van der Waals surface area contributed by atoms with E-state index in [0.29, 0.717) is 19.6 Å². The van der Waals surface area contributed by atoms with E-state index in [9.17, 15) is 9.59 Å². The first-order valence-electron chi connectivity index (χ1n) is 6.76. The average molecular weight is 288 g/mol. The molecule has 0 unspecified atom stereocenters. The molecule has 0 bridgehead atoms. The van der Waals surface area contributed by atoms with E-state index in [2.05, 4.69) is 25.4 Å². The van der Waals surface area contributed by atoms with Crippen molar-refractivity contribution in [2.45, 2.75) is 37.9 Å². The predicted molar refractivity (Wildman–Crippen MR) is 77.5 cm³/mol. The van der Waals surface area contributed by atoms with E-state index in [1.54, 1.807) is 16.7 Å². The number of likely N-dealkylation sites (tertiary alicyclic amines) is 1. The summed E-state index contributed by atoms with van der Waals surface area (Å²) in [5.74, 6) is -0.672. The maximum absolute atomic E-state index is 11.9. The fraction of sp³-hybridized carbons (Fsp3) is 0.846. The molecule has 0 aromatic heterocycles. The van der Waals surface area contributed by atoms with Gasteiger partial charge in [0.1, 0.15) is 0 Å². The Morgan fingerprint density at radius 2 is 1.95 bits per heavy atom. The molecule has 5 nitrogen and oxygen atoms in total. The molecular weight excluding hydrogens is 264 g/mol. The smallest absolute Gasteiger partial charge is 0.317 e. The summed E-state index contributed by atoms with van der Waals surface area (Å²) in [7, 11) is 0. The van der Waals surface area contributed by atoms with Crippen molar-refractivity contribution in [1.29, 1.82) is 0 Å². The van der Waals surface area contributed by atoms with E-state index in [1.165, 1.54) is 0 Å². The molecule has 0 saturated carbocycles. The van der Waals surface area contributed by atoms with Crippen LogP contribution in [0.4, 0.5) is 4.79 Å². The van der Waals surface area contributed by atoms with Crippen molar-refractivity contribution >= 4 is 23.8 Å². The van der Waals surface area contributed by atoms with Crippen LogP contribution in [0.5, 0.6) is 0 Å². The van der Waals surface area contributed by atoms with Crippen LogP contribution < -0.4 is 5.32 Å². The number of hydrogen-bond donors (Lipinski definition) is 2. The van der Waals surface area contributed by atoms with Gasteiger partial charge in [-0.25, -0.2) is 4.79 Å². The van der Waals surface area contributed by atoms with Gasteiger partial charge in [0, 0.05) is 30.3 Å². The first kappa shape index (κ1) is 16.1. The second-order valence-corrected chi connectivity index (χ2v) is 6.40. The quantitative estimate of drug-likeness (QED) is 0.752. The summed E-state index contributed by atoms with van der Waals surface area (Å²) in [5, 5.41) is 11.6. The number of amides is 2. The van der Waals surface area contributed by atoms with E-state index in [1.807, 2.05) is 0 Å². The summed E-state index contributed by atoms with van der Waals surface area (Å²) < 4.78 is 0.112. The number of urea groups is 1. The Labute approximate surface area is 119 Å². The van der Waals surface area contributed by atoms with Crippen molar-refractivity contribution in [3.63, 3.8) is 0 Å². The highest BCUT2D eigenvalue weighted by atomic mass is 32.2. The minimum atomic E-state index is -0.788. The number of thioether (sulfide) groups is 1. The molecule has 0 spiro atoms. The molecule has 1 rings (SSSR count). The number of carbonyl (C=O) groups is 2. The summed E-state index contributed by atoms with van der Waals surface area (Å²) in [6, 6.07) is -0.0676. The van der Waals surface area contributed by atoms with Crippen LogP contribution in [0.25, 0.3) is 0 Å². The van der Waals surface area contributed by atoms with Gasteiger partial charge in [-0.2, -0.15) is 11.8 Å². The molecule has 6 heteroatoms. The van der Waals surface area contributed by atoms with Crippen LogP contribution in [0.3, 0.4) is 0 Å². The van der Waals surface area contributed by atoms with Crippen molar-refractivity contribution in [1.82, 2.24) is 10.2 Å². The van der Waals surface area contributed by atoms with Gasteiger partial charge in [0.05, 0.1) is 6.42 Å². The van der Waals surface area contributed by atoms with Crippen LogP contribution in [0.15, 0.2) is 0 Å². The second-order valence-electron chi connectivity index (χ2n) is 5.12. The lowest BCUT2D eigenvalue weighted by atomic mass is 9.97. The van der Waals surface area contributed by atoms with Crippen molar-refractivity contribution in [2.75, 3.05) is 25.9 Å².